The van der Waals surface area contributed by atoms with E-state index in [1.165, 1.54) is 37.7 Å². The normalized spacial score (nSPS) is 25.8. The maximum Gasteiger partial charge on any atom is 0.0247 e. The zero-order chi connectivity index (χ0) is 12.1. The monoisotopic (exact) mass is 232 g/mol. The van der Waals surface area contributed by atoms with Crippen LogP contribution >= 0.6 is 0 Å². The smallest absolute Gasteiger partial charge is 0.0247 e. The van der Waals surface area contributed by atoms with Crippen LogP contribution in [0.15, 0.2) is 30.3 Å². The van der Waals surface area contributed by atoms with Crippen molar-refractivity contribution in [3.8, 4) is 0 Å². The Hall–Kier alpha value is -0.860. The zero-order valence-electron chi connectivity index (χ0n) is 10.8. The lowest BCUT2D eigenvalue weighted by atomic mass is 10.0. The molecule has 0 heterocycles. The van der Waals surface area contributed by atoms with Crippen LogP contribution in [0.25, 0.3) is 0 Å². The molecule has 0 aliphatic heterocycles. The third-order valence-corrected chi connectivity index (χ3v) is 3.87. The molecule has 94 valence electrons. The summed E-state index contributed by atoms with van der Waals surface area (Å²) in [4.78, 5) is 2.44. The van der Waals surface area contributed by atoms with Gasteiger partial charge in [-0.15, -0.1) is 0 Å². The number of benzene rings is 1. The fourth-order valence-corrected chi connectivity index (χ4v) is 2.85. The number of hydrogen-bond donors (Lipinski definition) is 1. The van der Waals surface area contributed by atoms with Crippen LogP contribution < -0.4 is 5.73 Å². The van der Waals surface area contributed by atoms with Crippen molar-refractivity contribution in [1.82, 2.24) is 4.90 Å². The van der Waals surface area contributed by atoms with Gasteiger partial charge in [-0.3, -0.25) is 4.90 Å². The highest BCUT2D eigenvalue weighted by molar-refractivity contribution is 5.14. The molecule has 0 spiro atoms. The van der Waals surface area contributed by atoms with Crippen molar-refractivity contribution in [2.45, 2.75) is 50.7 Å². The van der Waals surface area contributed by atoms with Crippen molar-refractivity contribution in [3.05, 3.63) is 35.9 Å². The fourth-order valence-electron chi connectivity index (χ4n) is 2.85. The summed E-state index contributed by atoms with van der Waals surface area (Å²) in [6.45, 7) is 1.01. The van der Waals surface area contributed by atoms with Crippen molar-refractivity contribution in [2.75, 3.05) is 7.05 Å². The van der Waals surface area contributed by atoms with Gasteiger partial charge < -0.3 is 5.73 Å². The first-order valence-corrected chi connectivity index (χ1v) is 6.77. The van der Waals surface area contributed by atoms with Crippen LogP contribution in [0, 0.1) is 0 Å². The maximum absolute atomic E-state index is 6.29. The van der Waals surface area contributed by atoms with Gasteiger partial charge in [0.25, 0.3) is 0 Å². The molecule has 2 atom stereocenters. The number of likely N-dealkylation sites (N-methyl/N-ethyl adjacent to an activating group) is 1. The van der Waals surface area contributed by atoms with E-state index >= 15 is 0 Å². The molecule has 1 aromatic carbocycles. The molecule has 1 saturated carbocycles. The Balaban J connectivity index is 1.96. The van der Waals surface area contributed by atoms with Crippen molar-refractivity contribution < 1.29 is 0 Å². The third kappa shape index (κ3) is 3.55. The van der Waals surface area contributed by atoms with Crippen molar-refractivity contribution >= 4 is 0 Å². The highest BCUT2D eigenvalue weighted by Gasteiger charge is 2.23. The molecule has 2 unspecified atom stereocenters. The maximum atomic E-state index is 6.29. The number of hydrogen-bond acceptors (Lipinski definition) is 2. The van der Waals surface area contributed by atoms with E-state index in [0.717, 1.165) is 6.54 Å². The molecule has 0 aromatic heterocycles. The molecule has 17 heavy (non-hydrogen) atoms. The first kappa shape index (κ1) is 12.6. The van der Waals surface area contributed by atoms with Crippen LogP contribution in [0.3, 0.4) is 0 Å². The van der Waals surface area contributed by atoms with Gasteiger partial charge in [0.1, 0.15) is 0 Å². The molecule has 2 rings (SSSR count). The largest absolute Gasteiger partial charge is 0.326 e. The Labute approximate surface area is 105 Å². The summed E-state index contributed by atoms with van der Waals surface area (Å²) in [5.74, 6) is 0. The van der Waals surface area contributed by atoms with Crippen LogP contribution in [0.4, 0.5) is 0 Å². The summed E-state index contributed by atoms with van der Waals surface area (Å²) >= 11 is 0. The van der Waals surface area contributed by atoms with Crippen molar-refractivity contribution in [2.24, 2.45) is 5.73 Å². The van der Waals surface area contributed by atoms with Crippen LogP contribution in [0.2, 0.25) is 0 Å². The fraction of sp³-hybridized carbons (Fsp3) is 0.600. The molecule has 0 saturated heterocycles. The lowest BCUT2D eigenvalue weighted by Crippen LogP contribution is -2.44. The second-order valence-electron chi connectivity index (χ2n) is 5.27. The molecule has 0 amide bonds. The topological polar surface area (TPSA) is 29.3 Å². The summed E-state index contributed by atoms with van der Waals surface area (Å²) in [7, 11) is 2.21. The van der Waals surface area contributed by atoms with Gasteiger partial charge in [-0.25, -0.2) is 0 Å². The molecular weight excluding hydrogens is 208 g/mol. The predicted octanol–water partition coefficient (Wildman–Crippen LogP) is 2.78. The number of rotatable bonds is 3. The van der Waals surface area contributed by atoms with Crippen LogP contribution in [0.1, 0.15) is 37.7 Å². The molecular formula is C15H24N2. The standard InChI is InChI=1S/C15H24N2/c1-17(12-13-8-4-2-5-9-13)15-11-7-3-6-10-14(15)16/h2,4-5,8-9,14-15H,3,6-7,10-12,16H2,1H3. The molecule has 1 aliphatic carbocycles. The van der Waals surface area contributed by atoms with E-state index in [2.05, 4.69) is 42.3 Å². The zero-order valence-corrected chi connectivity index (χ0v) is 10.8. The summed E-state index contributed by atoms with van der Waals surface area (Å²) in [6.07, 6.45) is 6.42. The second-order valence-corrected chi connectivity index (χ2v) is 5.27. The highest BCUT2D eigenvalue weighted by atomic mass is 15.1. The van der Waals surface area contributed by atoms with Crippen molar-refractivity contribution in [1.29, 1.82) is 0 Å². The second kappa shape index (κ2) is 6.18. The molecule has 2 heteroatoms. The van der Waals surface area contributed by atoms with Gasteiger partial charge in [0.15, 0.2) is 0 Å². The van der Waals surface area contributed by atoms with E-state index in [1.54, 1.807) is 0 Å². The Morgan fingerprint density at radius 3 is 2.59 bits per heavy atom. The van der Waals surface area contributed by atoms with Gasteiger partial charge in [0.2, 0.25) is 0 Å². The summed E-state index contributed by atoms with van der Waals surface area (Å²) in [6, 6.07) is 11.6. The SMILES string of the molecule is CN(Cc1ccccc1)C1CCCCCC1N. The minimum Gasteiger partial charge on any atom is -0.326 e. The van der Waals surface area contributed by atoms with Gasteiger partial charge >= 0.3 is 0 Å². The van der Waals surface area contributed by atoms with E-state index in [9.17, 15) is 0 Å². The average molecular weight is 232 g/mol. The Morgan fingerprint density at radius 1 is 1.12 bits per heavy atom. The molecule has 1 fully saturated rings. The first-order chi connectivity index (χ1) is 8.27. The molecule has 0 bridgehead atoms. The van der Waals surface area contributed by atoms with Gasteiger partial charge in [-0.1, -0.05) is 49.6 Å². The van der Waals surface area contributed by atoms with Gasteiger partial charge in [-0.2, -0.15) is 0 Å². The minimum atomic E-state index is 0.353. The molecule has 1 aliphatic rings. The summed E-state index contributed by atoms with van der Waals surface area (Å²) < 4.78 is 0. The molecule has 1 aromatic rings. The lowest BCUT2D eigenvalue weighted by molar-refractivity contribution is 0.193. The minimum absolute atomic E-state index is 0.353. The lowest BCUT2D eigenvalue weighted by Gasteiger charge is -2.31. The highest BCUT2D eigenvalue weighted by Crippen LogP contribution is 2.21. The van der Waals surface area contributed by atoms with Crippen LogP contribution in [-0.2, 0) is 6.54 Å². The van der Waals surface area contributed by atoms with E-state index in [1.807, 2.05) is 0 Å². The first-order valence-electron chi connectivity index (χ1n) is 6.77. The van der Waals surface area contributed by atoms with Crippen LogP contribution in [0.5, 0.6) is 0 Å². The van der Waals surface area contributed by atoms with Crippen molar-refractivity contribution in [3.63, 3.8) is 0 Å². The third-order valence-electron chi connectivity index (χ3n) is 3.87. The quantitative estimate of drug-likeness (QED) is 0.812. The number of nitrogens with zero attached hydrogens (tertiary/aromatic N) is 1. The summed E-state index contributed by atoms with van der Waals surface area (Å²) in [5.41, 5.74) is 7.67. The van der Waals surface area contributed by atoms with Gasteiger partial charge in [0.05, 0.1) is 0 Å². The molecule has 2 nitrogen and oxygen atoms in total. The van der Waals surface area contributed by atoms with E-state index in [4.69, 9.17) is 5.73 Å². The van der Waals surface area contributed by atoms with E-state index in [0.29, 0.717) is 12.1 Å². The number of nitrogens with two attached hydrogens (primary N) is 1. The summed E-state index contributed by atoms with van der Waals surface area (Å²) in [5, 5.41) is 0. The predicted molar refractivity (Wildman–Crippen MR) is 72.8 cm³/mol. The van der Waals surface area contributed by atoms with Gasteiger partial charge in [0, 0.05) is 18.6 Å². The van der Waals surface area contributed by atoms with E-state index in [-0.39, 0.29) is 0 Å². The molecule has 0 radical (unpaired) electrons. The average Bonchev–Trinajstić information content (AvgIpc) is 2.55. The van der Waals surface area contributed by atoms with E-state index < -0.39 is 0 Å². The Kier molecular flexibility index (Phi) is 4.57. The van der Waals surface area contributed by atoms with Gasteiger partial charge in [-0.05, 0) is 25.5 Å². The Bertz CT molecular complexity index is 323. The van der Waals surface area contributed by atoms with Crippen LogP contribution in [-0.4, -0.2) is 24.0 Å². The molecule has 2 N–H and O–H groups in total. The Morgan fingerprint density at radius 2 is 1.82 bits per heavy atom.